The van der Waals surface area contributed by atoms with Gasteiger partial charge in [-0.3, -0.25) is 4.79 Å². The predicted molar refractivity (Wildman–Crippen MR) is 99.4 cm³/mol. The van der Waals surface area contributed by atoms with Crippen molar-refractivity contribution in [3.05, 3.63) is 64.7 Å². The maximum atomic E-state index is 12.4. The molecule has 2 aromatic rings. The number of amides is 1. The summed E-state index contributed by atoms with van der Waals surface area (Å²) in [6.45, 7) is 4.03. The summed E-state index contributed by atoms with van der Waals surface area (Å²) in [5, 5.41) is 3.41. The number of rotatable bonds is 5. The highest BCUT2D eigenvalue weighted by molar-refractivity contribution is 6.34. The Morgan fingerprint density at radius 2 is 1.83 bits per heavy atom. The molecule has 0 aliphatic heterocycles. The van der Waals surface area contributed by atoms with Gasteiger partial charge < -0.3 is 11.1 Å². The van der Waals surface area contributed by atoms with Crippen molar-refractivity contribution in [1.82, 2.24) is 5.32 Å². The number of carbonyl (C=O) groups is 1. The molecule has 2 rings (SSSR count). The second kappa shape index (κ2) is 8.23. The number of benzene rings is 2. The van der Waals surface area contributed by atoms with Gasteiger partial charge in [-0.05, 0) is 50.5 Å². The smallest absolute Gasteiger partial charge is 0.253 e. The van der Waals surface area contributed by atoms with Crippen LogP contribution >= 0.6 is 24.0 Å². The number of halogens is 2. The summed E-state index contributed by atoms with van der Waals surface area (Å²) >= 11 is 6.09. The Labute approximate surface area is 148 Å². The first-order valence-corrected chi connectivity index (χ1v) is 7.67. The Kier molecular flexibility index (Phi) is 6.92. The van der Waals surface area contributed by atoms with Crippen molar-refractivity contribution in [2.45, 2.75) is 32.2 Å². The fourth-order valence-corrected chi connectivity index (χ4v) is 2.53. The molecule has 124 valence electrons. The van der Waals surface area contributed by atoms with Gasteiger partial charge in [-0.1, -0.05) is 41.9 Å². The number of hydrogen-bond acceptors (Lipinski definition) is 2. The van der Waals surface area contributed by atoms with Gasteiger partial charge in [-0.15, -0.1) is 12.4 Å². The second-order valence-electron chi connectivity index (χ2n) is 6.06. The Morgan fingerprint density at radius 1 is 1.17 bits per heavy atom. The van der Waals surface area contributed by atoms with Crippen LogP contribution in [0.4, 0.5) is 5.69 Å². The zero-order chi connectivity index (χ0) is 16.2. The van der Waals surface area contributed by atoms with Crippen LogP contribution in [0.1, 0.15) is 36.2 Å². The molecule has 0 bridgehead atoms. The molecule has 0 spiro atoms. The molecule has 0 unspecified atom stereocenters. The van der Waals surface area contributed by atoms with Gasteiger partial charge in [0.2, 0.25) is 0 Å². The molecule has 2 aromatic carbocycles. The van der Waals surface area contributed by atoms with E-state index in [1.165, 1.54) is 5.56 Å². The molecule has 0 aliphatic rings. The molecule has 0 heterocycles. The first-order valence-electron chi connectivity index (χ1n) is 7.29. The summed E-state index contributed by atoms with van der Waals surface area (Å²) < 4.78 is 0. The summed E-state index contributed by atoms with van der Waals surface area (Å²) in [6, 6.07) is 15.2. The number of hydrogen-bond donors (Lipinski definition) is 2. The van der Waals surface area contributed by atoms with Gasteiger partial charge in [-0.25, -0.2) is 0 Å². The van der Waals surface area contributed by atoms with E-state index in [0.29, 0.717) is 16.3 Å². The molecule has 3 nitrogen and oxygen atoms in total. The average molecular weight is 353 g/mol. The summed E-state index contributed by atoms with van der Waals surface area (Å²) in [5.74, 6) is -0.178. The highest BCUT2D eigenvalue weighted by atomic mass is 35.5. The van der Waals surface area contributed by atoms with Gasteiger partial charge in [0.25, 0.3) is 5.91 Å². The highest BCUT2D eigenvalue weighted by Gasteiger charge is 2.22. The maximum absolute atomic E-state index is 12.4. The quantitative estimate of drug-likeness (QED) is 0.779. The number of aryl methyl sites for hydroxylation is 1. The molecule has 0 saturated carbocycles. The molecule has 0 atom stereocenters. The molecule has 23 heavy (non-hydrogen) atoms. The van der Waals surface area contributed by atoms with Crippen molar-refractivity contribution < 1.29 is 4.79 Å². The topological polar surface area (TPSA) is 55.1 Å². The standard InChI is InChI=1S/C18H21ClN2O.ClH/c1-18(2,11-10-13-6-4-3-5-7-13)21-17(22)15-9-8-14(20)12-16(15)19;/h3-9,12H,10-11,20H2,1-2H3,(H,21,22);1H. The van der Waals surface area contributed by atoms with Crippen molar-refractivity contribution in [2.75, 3.05) is 5.73 Å². The van der Waals surface area contributed by atoms with E-state index >= 15 is 0 Å². The minimum Gasteiger partial charge on any atom is -0.399 e. The zero-order valence-electron chi connectivity index (χ0n) is 13.3. The van der Waals surface area contributed by atoms with Crippen LogP contribution in [0.3, 0.4) is 0 Å². The molecule has 1 amide bonds. The lowest BCUT2D eigenvalue weighted by Crippen LogP contribution is -2.43. The van der Waals surface area contributed by atoms with Crippen LogP contribution in [-0.2, 0) is 6.42 Å². The lowest BCUT2D eigenvalue weighted by Gasteiger charge is -2.26. The summed E-state index contributed by atoms with van der Waals surface area (Å²) in [4.78, 5) is 12.4. The predicted octanol–water partition coefficient (Wildman–Crippen LogP) is 4.49. The molecule has 0 fully saturated rings. The number of carbonyl (C=O) groups excluding carboxylic acids is 1. The van der Waals surface area contributed by atoms with E-state index in [1.54, 1.807) is 18.2 Å². The van der Waals surface area contributed by atoms with E-state index in [2.05, 4.69) is 17.4 Å². The van der Waals surface area contributed by atoms with Gasteiger partial charge in [0, 0.05) is 11.2 Å². The molecule has 0 aliphatic carbocycles. The Morgan fingerprint density at radius 3 is 2.43 bits per heavy atom. The van der Waals surface area contributed by atoms with E-state index in [-0.39, 0.29) is 23.9 Å². The van der Waals surface area contributed by atoms with Crippen molar-refractivity contribution >= 4 is 35.6 Å². The van der Waals surface area contributed by atoms with Crippen LogP contribution in [0, 0.1) is 0 Å². The van der Waals surface area contributed by atoms with E-state index in [0.717, 1.165) is 12.8 Å². The summed E-state index contributed by atoms with van der Waals surface area (Å²) in [7, 11) is 0. The molecule has 0 saturated heterocycles. The van der Waals surface area contributed by atoms with Crippen molar-refractivity contribution in [1.29, 1.82) is 0 Å². The van der Waals surface area contributed by atoms with Crippen molar-refractivity contribution in [3.8, 4) is 0 Å². The second-order valence-corrected chi connectivity index (χ2v) is 6.47. The lowest BCUT2D eigenvalue weighted by atomic mass is 9.95. The molecule has 5 heteroatoms. The molecule has 0 aromatic heterocycles. The Hall–Kier alpha value is -1.71. The molecular formula is C18H22Cl2N2O. The van der Waals surface area contributed by atoms with Crippen molar-refractivity contribution in [3.63, 3.8) is 0 Å². The van der Waals surface area contributed by atoms with E-state index in [1.807, 2.05) is 32.0 Å². The highest BCUT2D eigenvalue weighted by Crippen LogP contribution is 2.21. The number of nitrogens with two attached hydrogens (primary N) is 1. The largest absolute Gasteiger partial charge is 0.399 e. The van der Waals surface area contributed by atoms with E-state index < -0.39 is 0 Å². The fourth-order valence-electron chi connectivity index (χ4n) is 2.25. The molecule has 3 N–H and O–H groups in total. The van der Waals surface area contributed by atoms with Crippen LogP contribution in [0.2, 0.25) is 5.02 Å². The third-order valence-electron chi connectivity index (χ3n) is 3.57. The number of nitrogens with one attached hydrogen (secondary N) is 1. The van der Waals surface area contributed by atoms with E-state index in [4.69, 9.17) is 17.3 Å². The average Bonchev–Trinajstić information content (AvgIpc) is 2.45. The lowest BCUT2D eigenvalue weighted by molar-refractivity contribution is 0.0909. The van der Waals surface area contributed by atoms with E-state index in [9.17, 15) is 4.79 Å². The van der Waals surface area contributed by atoms with Gasteiger partial charge >= 0.3 is 0 Å². The third kappa shape index (κ3) is 5.77. The first-order chi connectivity index (χ1) is 10.4. The van der Waals surface area contributed by atoms with Crippen molar-refractivity contribution in [2.24, 2.45) is 0 Å². The summed E-state index contributed by atoms with van der Waals surface area (Å²) in [6.07, 6.45) is 1.75. The summed E-state index contributed by atoms with van der Waals surface area (Å²) in [5.41, 5.74) is 7.58. The molecule has 0 radical (unpaired) electrons. The minimum absolute atomic E-state index is 0. The van der Waals surface area contributed by atoms with Gasteiger partial charge in [0.1, 0.15) is 0 Å². The first kappa shape index (κ1) is 19.3. The zero-order valence-corrected chi connectivity index (χ0v) is 14.9. The minimum atomic E-state index is -0.322. The normalized spacial score (nSPS) is 10.7. The SMILES string of the molecule is CC(C)(CCc1ccccc1)NC(=O)c1ccc(N)cc1Cl.Cl. The fraction of sp³-hybridized carbons (Fsp3) is 0.278. The van der Waals surface area contributed by atoms with Crippen LogP contribution in [0.25, 0.3) is 0 Å². The van der Waals surface area contributed by atoms with Gasteiger partial charge in [0.15, 0.2) is 0 Å². The van der Waals surface area contributed by atoms with Crippen LogP contribution in [-0.4, -0.2) is 11.4 Å². The number of nitrogen functional groups attached to an aromatic ring is 1. The third-order valence-corrected chi connectivity index (χ3v) is 3.88. The number of anilines is 1. The molecular weight excluding hydrogens is 331 g/mol. The Bertz CT molecular complexity index is 657. The monoisotopic (exact) mass is 352 g/mol. The van der Waals surface area contributed by atoms with Crippen LogP contribution in [0.15, 0.2) is 48.5 Å². The Balaban J connectivity index is 0.00000264. The van der Waals surface area contributed by atoms with Gasteiger partial charge in [-0.2, -0.15) is 0 Å². The van der Waals surface area contributed by atoms with Gasteiger partial charge in [0.05, 0.1) is 10.6 Å². The van der Waals surface area contributed by atoms with Crippen LogP contribution < -0.4 is 11.1 Å². The van der Waals surface area contributed by atoms with Crippen LogP contribution in [0.5, 0.6) is 0 Å². The maximum Gasteiger partial charge on any atom is 0.253 e.